The molecule has 0 saturated heterocycles. The molecule has 7 heteroatoms. The number of halogens is 2. The van der Waals surface area contributed by atoms with E-state index in [2.05, 4.69) is 10.5 Å². The molecule has 0 fully saturated rings. The van der Waals surface area contributed by atoms with E-state index in [0.29, 0.717) is 17.3 Å². The van der Waals surface area contributed by atoms with Gasteiger partial charge in [-0.3, -0.25) is 4.79 Å². The molecular weight excluding hydrogens is 337 g/mol. The highest BCUT2D eigenvalue weighted by molar-refractivity contribution is 6.30. The number of amides is 1. The van der Waals surface area contributed by atoms with Crippen LogP contribution in [-0.4, -0.2) is 23.1 Å². The largest absolute Gasteiger partial charge is 0.355 e. The Kier molecular flexibility index (Phi) is 6.62. The second kappa shape index (κ2) is 7.81. The summed E-state index contributed by atoms with van der Waals surface area (Å²) >= 11 is 5.85. The first-order chi connectivity index (χ1) is 10.4. The van der Waals surface area contributed by atoms with Crippen LogP contribution in [0.4, 0.5) is 0 Å². The van der Waals surface area contributed by atoms with Gasteiger partial charge in [0.2, 0.25) is 0 Å². The van der Waals surface area contributed by atoms with Crippen molar-refractivity contribution in [2.75, 3.05) is 6.54 Å². The summed E-state index contributed by atoms with van der Waals surface area (Å²) in [6.45, 7) is 6.28. The fourth-order valence-corrected chi connectivity index (χ4v) is 2.01. The van der Waals surface area contributed by atoms with Gasteiger partial charge in [0.25, 0.3) is 5.91 Å². The number of nitrogens with zero attached hydrogens (tertiary/aromatic N) is 1. The predicted octanol–water partition coefficient (Wildman–Crippen LogP) is 3.52. The second-order valence-electron chi connectivity index (χ2n) is 5.81. The Morgan fingerprint density at radius 1 is 1.39 bits per heavy atom. The molecule has 1 aromatic carbocycles. The summed E-state index contributed by atoms with van der Waals surface area (Å²) in [6, 6.07) is 8.73. The van der Waals surface area contributed by atoms with E-state index in [1.54, 1.807) is 18.2 Å². The normalized spacial score (nSPS) is 13.3. The van der Waals surface area contributed by atoms with Crippen LogP contribution in [0.1, 0.15) is 31.3 Å². The molecule has 0 spiro atoms. The maximum atomic E-state index is 12.3. The number of nitrogens with two attached hydrogens (primary N) is 1. The van der Waals surface area contributed by atoms with Gasteiger partial charge in [-0.1, -0.05) is 30.6 Å². The third-order valence-corrected chi connectivity index (χ3v) is 4.22. The number of nitrogens with one attached hydrogen (secondary N) is 1. The van der Waals surface area contributed by atoms with Crippen molar-refractivity contribution in [1.29, 1.82) is 0 Å². The molecule has 1 aromatic heterocycles. The van der Waals surface area contributed by atoms with Gasteiger partial charge in [0, 0.05) is 23.2 Å². The van der Waals surface area contributed by atoms with Gasteiger partial charge in [0.15, 0.2) is 11.5 Å². The highest BCUT2D eigenvalue weighted by Crippen LogP contribution is 2.23. The minimum atomic E-state index is -0.490. The fourth-order valence-electron chi connectivity index (χ4n) is 1.89. The van der Waals surface area contributed by atoms with Gasteiger partial charge in [-0.15, -0.1) is 12.4 Å². The van der Waals surface area contributed by atoms with E-state index in [9.17, 15) is 4.79 Å². The summed E-state index contributed by atoms with van der Waals surface area (Å²) in [5.74, 6) is 0.413. The number of carbonyl (C=O) groups is 1. The highest BCUT2D eigenvalue weighted by Gasteiger charge is 2.30. The van der Waals surface area contributed by atoms with Crippen molar-refractivity contribution in [2.45, 2.75) is 26.3 Å². The second-order valence-corrected chi connectivity index (χ2v) is 6.25. The van der Waals surface area contributed by atoms with E-state index in [1.807, 2.05) is 32.9 Å². The highest BCUT2D eigenvalue weighted by atomic mass is 35.5. The lowest BCUT2D eigenvalue weighted by Gasteiger charge is -2.33. The van der Waals surface area contributed by atoms with Crippen LogP contribution in [0, 0.1) is 5.92 Å². The zero-order valence-electron chi connectivity index (χ0n) is 13.3. The van der Waals surface area contributed by atoms with E-state index in [0.717, 1.165) is 5.56 Å². The Bertz CT molecular complexity index is 656. The zero-order chi connectivity index (χ0) is 16.3. The molecule has 1 atom stereocenters. The van der Waals surface area contributed by atoms with Crippen LogP contribution in [0.5, 0.6) is 0 Å². The molecule has 2 aromatic rings. The molecule has 3 N–H and O–H groups in total. The van der Waals surface area contributed by atoms with Crippen LogP contribution in [0.3, 0.4) is 0 Å². The molecule has 5 nitrogen and oxygen atoms in total. The maximum Gasteiger partial charge on any atom is 0.273 e. The minimum Gasteiger partial charge on any atom is -0.355 e. The van der Waals surface area contributed by atoms with Crippen molar-refractivity contribution in [2.24, 2.45) is 11.7 Å². The average molecular weight is 358 g/mol. The number of rotatable bonds is 5. The molecule has 1 amide bonds. The van der Waals surface area contributed by atoms with Gasteiger partial charge in [-0.25, -0.2) is 0 Å². The van der Waals surface area contributed by atoms with Crippen LogP contribution >= 0.6 is 24.0 Å². The Balaban J connectivity index is 0.00000264. The van der Waals surface area contributed by atoms with E-state index in [1.165, 1.54) is 0 Å². The van der Waals surface area contributed by atoms with Crippen LogP contribution < -0.4 is 11.1 Å². The maximum absolute atomic E-state index is 12.3. The van der Waals surface area contributed by atoms with E-state index >= 15 is 0 Å². The van der Waals surface area contributed by atoms with E-state index in [-0.39, 0.29) is 29.9 Å². The van der Waals surface area contributed by atoms with Gasteiger partial charge in [-0.2, -0.15) is 0 Å². The zero-order valence-corrected chi connectivity index (χ0v) is 14.9. The lowest BCUT2D eigenvalue weighted by Crippen LogP contribution is -2.55. The molecule has 0 bridgehead atoms. The first-order valence-corrected chi connectivity index (χ1v) is 7.49. The molecule has 0 aliphatic heterocycles. The van der Waals surface area contributed by atoms with Crippen molar-refractivity contribution >= 4 is 29.9 Å². The van der Waals surface area contributed by atoms with Crippen LogP contribution in [-0.2, 0) is 0 Å². The summed E-state index contributed by atoms with van der Waals surface area (Å²) in [5.41, 5.74) is 6.32. The predicted molar refractivity (Wildman–Crippen MR) is 94.0 cm³/mol. The smallest absolute Gasteiger partial charge is 0.273 e. The number of hydrogen-bond donors (Lipinski definition) is 2. The lowest BCUT2D eigenvalue weighted by atomic mass is 9.88. The number of hydrogen-bond acceptors (Lipinski definition) is 4. The first kappa shape index (κ1) is 19.5. The minimum absolute atomic E-state index is 0. The summed E-state index contributed by atoms with van der Waals surface area (Å²) in [5, 5.41) is 7.39. The van der Waals surface area contributed by atoms with Gasteiger partial charge in [0.1, 0.15) is 0 Å². The van der Waals surface area contributed by atoms with Crippen molar-refractivity contribution in [3.8, 4) is 11.3 Å². The third kappa shape index (κ3) is 4.47. The molecule has 1 unspecified atom stereocenters. The molecule has 2 rings (SSSR count). The lowest BCUT2D eigenvalue weighted by molar-refractivity contribution is 0.0874. The Hall–Kier alpha value is -1.56. The van der Waals surface area contributed by atoms with E-state index < -0.39 is 5.54 Å². The topological polar surface area (TPSA) is 81.1 Å². The van der Waals surface area contributed by atoms with Crippen LogP contribution in [0.2, 0.25) is 5.02 Å². The van der Waals surface area contributed by atoms with Crippen molar-refractivity contribution in [1.82, 2.24) is 10.5 Å². The van der Waals surface area contributed by atoms with Crippen molar-refractivity contribution in [3.63, 3.8) is 0 Å². The molecule has 23 heavy (non-hydrogen) atoms. The summed E-state index contributed by atoms with van der Waals surface area (Å²) in [7, 11) is 0. The van der Waals surface area contributed by atoms with Crippen molar-refractivity contribution < 1.29 is 9.32 Å². The molecule has 1 heterocycles. The van der Waals surface area contributed by atoms with Gasteiger partial charge in [0.05, 0.1) is 5.54 Å². The first-order valence-electron chi connectivity index (χ1n) is 7.11. The number of aromatic nitrogens is 1. The van der Waals surface area contributed by atoms with E-state index in [4.69, 9.17) is 21.9 Å². The van der Waals surface area contributed by atoms with Gasteiger partial charge < -0.3 is 15.6 Å². The monoisotopic (exact) mass is 357 g/mol. The van der Waals surface area contributed by atoms with Crippen LogP contribution in [0.15, 0.2) is 34.9 Å². The molecule has 0 saturated carbocycles. The molecule has 0 radical (unpaired) electrons. The summed E-state index contributed by atoms with van der Waals surface area (Å²) in [6.07, 6.45) is 0. The summed E-state index contributed by atoms with van der Waals surface area (Å²) < 4.78 is 5.24. The van der Waals surface area contributed by atoms with Crippen LogP contribution in [0.25, 0.3) is 11.3 Å². The number of benzene rings is 1. The number of carbonyl (C=O) groups excluding carboxylic acids is 1. The third-order valence-electron chi connectivity index (χ3n) is 3.97. The van der Waals surface area contributed by atoms with Crippen molar-refractivity contribution in [3.05, 3.63) is 41.0 Å². The Morgan fingerprint density at radius 2 is 2.00 bits per heavy atom. The standard InChI is InChI=1S/C16H20ClN3O2.ClH/c1-10(2)16(3,9-18)19-15(21)13-8-14(22-20-13)11-4-6-12(17)7-5-11;/h4-8,10H,9,18H2,1-3H3,(H,19,21);1H. The Morgan fingerprint density at radius 3 is 2.52 bits per heavy atom. The van der Waals surface area contributed by atoms with Gasteiger partial charge in [-0.05, 0) is 37.1 Å². The van der Waals surface area contributed by atoms with Gasteiger partial charge >= 0.3 is 0 Å². The molecule has 0 aliphatic rings. The fraction of sp³-hybridized carbons (Fsp3) is 0.375. The molecular formula is C16H21Cl2N3O2. The average Bonchev–Trinajstić information content (AvgIpc) is 2.97. The quantitative estimate of drug-likeness (QED) is 0.857. The molecule has 0 aliphatic carbocycles. The molecule has 126 valence electrons. The Labute approximate surface area is 147 Å². The SMILES string of the molecule is CC(C)C(C)(CN)NC(=O)c1cc(-c2ccc(Cl)cc2)on1.Cl. The summed E-state index contributed by atoms with van der Waals surface area (Å²) in [4.78, 5) is 12.3.